The molecular weight excluding hydrogens is 813 g/mol. The zero-order valence-electron chi connectivity index (χ0n) is 32.2. The van der Waals surface area contributed by atoms with E-state index in [0.717, 1.165) is 0 Å². The van der Waals surface area contributed by atoms with Crippen LogP contribution in [0.3, 0.4) is 0 Å². The second kappa shape index (κ2) is 33.7. The predicted octanol–water partition coefficient (Wildman–Crippen LogP) is 1.66. The van der Waals surface area contributed by atoms with Crippen LogP contribution in [0.4, 0.5) is 22.8 Å². The zero-order chi connectivity index (χ0) is 45.4. The lowest BCUT2D eigenvalue weighted by Crippen LogP contribution is -2.52. The van der Waals surface area contributed by atoms with Gasteiger partial charge in [0.2, 0.25) is 0 Å². The van der Waals surface area contributed by atoms with Gasteiger partial charge in [0.15, 0.2) is 0 Å². The van der Waals surface area contributed by atoms with E-state index in [0.29, 0.717) is 19.4 Å². The molecule has 0 aromatic rings. The van der Waals surface area contributed by atoms with Gasteiger partial charge in [-0.2, -0.15) is 13.2 Å². The average molecular weight is 871 g/mol. The number of hydrogen-bond donors (Lipinski definition) is 9. The first-order valence-corrected chi connectivity index (χ1v) is 17.9. The summed E-state index contributed by atoms with van der Waals surface area (Å²) < 4.78 is 51.4. The SMILES string of the molecule is C.C=CCOC(=O)CCC(NC(=O)NC(CCCCNC(=O)C(F)(F)F)C(=O)OCC=C)C(=O)OCC=C.NCCCCC(NC(=O)NC(CCC(=O)O)C(=O)O)C(=O)O. The molecule has 0 aromatic heterocycles. The number of rotatable bonds is 29. The molecule has 0 spiro atoms. The van der Waals surface area contributed by atoms with Crippen LogP contribution in [0.1, 0.15) is 71.6 Å². The van der Waals surface area contributed by atoms with Crippen LogP contribution >= 0.6 is 0 Å². The van der Waals surface area contributed by atoms with Crippen molar-refractivity contribution in [3.05, 3.63) is 38.0 Å². The van der Waals surface area contributed by atoms with Gasteiger partial charge >= 0.3 is 60.0 Å². The van der Waals surface area contributed by atoms with Gasteiger partial charge in [-0.25, -0.2) is 28.8 Å². The highest BCUT2D eigenvalue weighted by molar-refractivity contribution is 5.88. The molecule has 0 fully saturated rings. The van der Waals surface area contributed by atoms with Crippen LogP contribution in [0.25, 0.3) is 0 Å². The minimum atomic E-state index is -5.01. The number of amides is 5. The molecule has 0 rings (SSSR count). The number of carboxylic acid groups (broad SMARTS) is 3. The Balaban J connectivity index is -0.00000121. The van der Waals surface area contributed by atoms with Gasteiger partial charge in [0.25, 0.3) is 0 Å². The first kappa shape index (κ1) is 58.1. The number of unbranched alkanes of at least 4 members (excludes halogenated alkanes) is 2. The third kappa shape index (κ3) is 30.0. The molecule has 0 radical (unpaired) electrons. The number of nitrogens with one attached hydrogen (secondary N) is 5. The van der Waals surface area contributed by atoms with Gasteiger partial charge in [-0.1, -0.05) is 45.4 Å². The second-order valence-electron chi connectivity index (χ2n) is 11.9. The largest absolute Gasteiger partial charge is 0.481 e. The van der Waals surface area contributed by atoms with Crippen molar-refractivity contribution in [1.29, 1.82) is 0 Å². The van der Waals surface area contributed by atoms with Gasteiger partial charge in [-0.05, 0) is 57.9 Å². The minimum absolute atomic E-state index is 0. The molecule has 0 aliphatic carbocycles. The summed E-state index contributed by atoms with van der Waals surface area (Å²) >= 11 is 0. The van der Waals surface area contributed by atoms with Gasteiger partial charge in [0.05, 0.1) is 0 Å². The number of nitrogens with two attached hydrogens (primary N) is 1. The van der Waals surface area contributed by atoms with Crippen molar-refractivity contribution in [3.8, 4) is 0 Å². The van der Waals surface area contributed by atoms with Gasteiger partial charge in [0, 0.05) is 19.4 Å². The Labute approximate surface area is 344 Å². The van der Waals surface area contributed by atoms with Crippen molar-refractivity contribution >= 4 is 53.8 Å². The number of alkyl halides is 3. The van der Waals surface area contributed by atoms with E-state index in [1.807, 2.05) is 5.32 Å². The number of carboxylic acids is 3. The van der Waals surface area contributed by atoms with E-state index in [4.69, 9.17) is 35.3 Å². The number of urea groups is 2. The Kier molecular flexibility index (Phi) is 32.7. The van der Waals surface area contributed by atoms with Gasteiger partial charge < -0.3 is 61.8 Å². The van der Waals surface area contributed by atoms with Crippen molar-refractivity contribution < 1.29 is 85.9 Å². The van der Waals surface area contributed by atoms with Crippen molar-refractivity contribution in [2.45, 2.75) is 102 Å². The molecule has 5 amide bonds. The number of aliphatic carboxylic acids is 3. The summed E-state index contributed by atoms with van der Waals surface area (Å²) in [6, 6.07) is -7.03. The van der Waals surface area contributed by atoms with E-state index < -0.39 is 90.5 Å². The first-order chi connectivity index (χ1) is 27.7. The molecule has 0 saturated carbocycles. The number of ether oxygens (including phenoxy) is 3. The monoisotopic (exact) mass is 870 g/mol. The molecule has 10 N–H and O–H groups in total. The van der Waals surface area contributed by atoms with E-state index >= 15 is 0 Å². The van der Waals surface area contributed by atoms with Crippen LogP contribution in [-0.4, -0.2) is 132 Å². The molecule has 0 aliphatic heterocycles. The normalized spacial score (nSPS) is 12.3. The summed E-state index contributed by atoms with van der Waals surface area (Å²) in [5.74, 6) is -8.29. The molecule has 342 valence electrons. The van der Waals surface area contributed by atoms with Crippen LogP contribution in [0.5, 0.6) is 0 Å². The Hall–Kier alpha value is -6.20. The molecule has 4 unspecified atom stereocenters. The summed E-state index contributed by atoms with van der Waals surface area (Å²) in [5, 5.41) is 36.9. The summed E-state index contributed by atoms with van der Waals surface area (Å²) in [6.07, 6.45) is -0.811. The summed E-state index contributed by atoms with van der Waals surface area (Å²) in [6.45, 7) is 9.96. The molecule has 0 aliphatic rings. The van der Waals surface area contributed by atoms with Crippen molar-refractivity contribution in [2.24, 2.45) is 5.73 Å². The highest BCUT2D eigenvalue weighted by Crippen LogP contribution is 2.14. The number of esters is 3. The van der Waals surface area contributed by atoms with Crippen LogP contribution in [0, 0.1) is 0 Å². The third-order valence-corrected chi connectivity index (χ3v) is 7.13. The topological polar surface area (TPSA) is 328 Å². The Morgan fingerprint density at radius 1 is 0.600 bits per heavy atom. The van der Waals surface area contributed by atoms with E-state index in [1.54, 1.807) is 5.32 Å². The van der Waals surface area contributed by atoms with E-state index in [9.17, 15) is 56.3 Å². The quantitative estimate of drug-likeness (QED) is 0.0223. The summed E-state index contributed by atoms with van der Waals surface area (Å²) in [5.41, 5.74) is 5.29. The van der Waals surface area contributed by atoms with Gasteiger partial charge in [-0.3, -0.25) is 14.4 Å². The van der Waals surface area contributed by atoms with E-state index in [1.165, 1.54) is 18.2 Å². The predicted molar refractivity (Wildman–Crippen MR) is 206 cm³/mol. The highest BCUT2D eigenvalue weighted by atomic mass is 19.4. The third-order valence-electron chi connectivity index (χ3n) is 7.13. The van der Waals surface area contributed by atoms with Crippen LogP contribution in [0.2, 0.25) is 0 Å². The van der Waals surface area contributed by atoms with Crippen LogP contribution < -0.4 is 32.3 Å². The lowest BCUT2D eigenvalue weighted by atomic mass is 10.1. The highest BCUT2D eigenvalue weighted by Gasteiger charge is 2.38. The molecule has 0 aromatic carbocycles. The first-order valence-electron chi connectivity index (χ1n) is 17.9. The maximum absolute atomic E-state index is 12.5. The molecular formula is C36H57F3N6O15. The number of hydrogen-bond acceptors (Lipinski definition) is 13. The second-order valence-corrected chi connectivity index (χ2v) is 11.9. The number of carbonyl (C=O) groups is 9. The Morgan fingerprint density at radius 2 is 1.00 bits per heavy atom. The van der Waals surface area contributed by atoms with Crippen molar-refractivity contribution in [3.63, 3.8) is 0 Å². The van der Waals surface area contributed by atoms with Crippen LogP contribution in [-0.2, 0) is 47.8 Å². The lowest BCUT2D eigenvalue weighted by molar-refractivity contribution is -0.173. The van der Waals surface area contributed by atoms with Crippen molar-refractivity contribution in [2.75, 3.05) is 32.9 Å². The van der Waals surface area contributed by atoms with Gasteiger partial charge in [-0.15, -0.1) is 0 Å². The minimum Gasteiger partial charge on any atom is -0.481 e. The van der Waals surface area contributed by atoms with E-state index in [-0.39, 0.29) is 78.7 Å². The zero-order valence-corrected chi connectivity index (χ0v) is 32.2. The van der Waals surface area contributed by atoms with Gasteiger partial charge in [0.1, 0.15) is 44.0 Å². The molecule has 0 saturated heterocycles. The van der Waals surface area contributed by atoms with Crippen LogP contribution in [0.15, 0.2) is 38.0 Å². The fourth-order valence-corrected chi connectivity index (χ4v) is 4.23. The fourth-order valence-electron chi connectivity index (χ4n) is 4.23. The number of halogens is 3. The smallest absolute Gasteiger partial charge is 0.471 e. The standard InChI is InChI=1S/C23H32F3N3O8.C12H21N3O7.CH4/c1-4-13-35-18(30)11-10-17(20(32)37-15-6-3)29-22(34)28-16(19(31)36-14-5-2)9-7-8-12-27-21(33)23(24,25)26;13-6-2-1-3-7(10(18)19)14-12(22)15-8(11(20)21)4-5-9(16)17;/h4-6,16-17H,1-3,7-15H2,(H,27,33)(H2,28,29,34);7-8H,1-6,13H2,(H,16,17)(H,18,19)(H,20,21)(H2,14,15,22);1H4. The molecule has 0 heterocycles. The maximum Gasteiger partial charge on any atom is 0.471 e. The Morgan fingerprint density at radius 3 is 1.43 bits per heavy atom. The molecule has 60 heavy (non-hydrogen) atoms. The average Bonchev–Trinajstić information content (AvgIpc) is 3.16. The molecule has 21 nitrogen and oxygen atoms in total. The summed E-state index contributed by atoms with van der Waals surface area (Å²) in [7, 11) is 0. The number of carbonyl (C=O) groups excluding carboxylic acids is 6. The summed E-state index contributed by atoms with van der Waals surface area (Å²) in [4.78, 5) is 104. The molecule has 24 heteroatoms. The molecule has 4 atom stereocenters. The maximum atomic E-state index is 12.5. The fraction of sp³-hybridized carbons (Fsp3) is 0.583. The lowest BCUT2D eigenvalue weighted by Gasteiger charge is -2.21. The Bertz CT molecular complexity index is 1430. The van der Waals surface area contributed by atoms with Crippen molar-refractivity contribution in [1.82, 2.24) is 26.6 Å². The van der Waals surface area contributed by atoms with E-state index in [2.05, 4.69) is 35.7 Å². The molecule has 0 bridgehead atoms.